The van der Waals surface area contributed by atoms with E-state index < -0.39 is 4.92 Å². The number of nitrogens with zero attached hydrogens (tertiary/aromatic N) is 1. The van der Waals surface area contributed by atoms with Crippen LogP contribution in [0.5, 0.6) is 0 Å². The molecule has 0 heterocycles. The molecule has 1 aromatic carbocycles. The van der Waals surface area contributed by atoms with Gasteiger partial charge in [0.15, 0.2) is 0 Å². The van der Waals surface area contributed by atoms with E-state index in [0.29, 0.717) is 12.5 Å². The Balaban J connectivity index is 2.75. The molecule has 0 aromatic heterocycles. The summed E-state index contributed by atoms with van der Waals surface area (Å²) in [6.07, 6.45) is 0.742. The van der Waals surface area contributed by atoms with Gasteiger partial charge < -0.3 is 5.11 Å². The lowest BCUT2D eigenvalue weighted by molar-refractivity contribution is -0.384. The number of benzene rings is 1. The highest BCUT2D eigenvalue weighted by molar-refractivity contribution is 5.33. The number of nitro benzene ring substituents is 1. The Morgan fingerprint density at radius 3 is 2.38 bits per heavy atom. The highest BCUT2D eigenvalue weighted by Gasteiger charge is 2.05. The Kier molecular flexibility index (Phi) is 2.97. The third kappa shape index (κ3) is 2.83. The molecule has 1 N–H and O–H groups in total. The molecule has 0 saturated carbocycles. The first kappa shape index (κ1) is 9.67. The van der Waals surface area contributed by atoms with Crippen LogP contribution in [0.15, 0.2) is 24.3 Å². The molecule has 0 aliphatic heterocycles. The second kappa shape index (κ2) is 4.00. The Hall–Kier alpha value is -1.42. The minimum atomic E-state index is -0.445. The Morgan fingerprint density at radius 2 is 2.00 bits per heavy atom. The summed E-state index contributed by atoms with van der Waals surface area (Å²) in [5, 5.41) is 19.3. The number of rotatable bonds is 3. The van der Waals surface area contributed by atoms with Gasteiger partial charge in [0.05, 0.1) is 11.0 Å². The van der Waals surface area contributed by atoms with Crippen molar-refractivity contribution in [3.63, 3.8) is 0 Å². The number of hydrogen-bond acceptors (Lipinski definition) is 3. The number of non-ortho nitro benzene ring substituents is 1. The molecule has 0 unspecified atom stereocenters. The molecule has 0 saturated heterocycles. The summed E-state index contributed by atoms with van der Waals surface area (Å²) in [5.41, 5.74) is 0.935. The summed E-state index contributed by atoms with van der Waals surface area (Å²) < 4.78 is 0. The number of hydrogen-bond donors (Lipinski definition) is 1. The van der Waals surface area contributed by atoms with Gasteiger partial charge in [-0.1, -0.05) is 12.1 Å². The first-order valence-electron chi connectivity index (χ1n) is 3.84. The van der Waals surface area contributed by atoms with Gasteiger partial charge in [0.1, 0.15) is 0 Å². The SMILES string of the molecule is C[C](O)Cc1ccc([N+](=O)[O-])cc1. The monoisotopic (exact) mass is 180 g/mol. The molecule has 69 valence electrons. The normalized spacial score (nSPS) is 10.4. The van der Waals surface area contributed by atoms with Gasteiger partial charge in [-0.15, -0.1) is 0 Å². The van der Waals surface area contributed by atoms with Gasteiger partial charge in [-0.2, -0.15) is 0 Å². The maximum Gasteiger partial charge on any atom is 0.269 e. The van der Waals surface area contributed by atoms with Gasteiger partial charge in [-0.25, -0.2) is 0 Å². The first-order valence-corrected chi connectivity index (χ1v) is 3.84. The van der Waals surface area contributed by atoms with Crippen molar-refractivity contribution in [2.24, 2.45) is 0 Å². The van der Waals surface area contributed by atoms with Crippen molar-refractivity contribution in [1.82, 2.24) is 0 Å². The lowest BCUT2D eigenvalue weighted by Gasteiger charge is -2.01. The smallest absolute Gasteiger partial charge is 0.269 e. The second-order valence-electron chi connectivity index (χ2n) is 2.84. The number of aliphatic hydroxyl groups excluding tert-OH is 1. The van der Waals surface area contributed by atoms with E-state index in [9.17, 15) is 10.1 Å². The molecule has 0 bridgehead atoms. The van der Waals surface area contributed by atoms with Crippen molar-refractivity contribution in [3.05, 3.63) is 46.0 Å². The molecule has 0 spiro atoms. The van der Waals surface area contributed by atoms with Crippen LogP contribution in [0.3, 0.4) is 0 Å². The van der Waals surface area contributed by atoms with Crippen LogP contribution < -0.4 is 0 Å². The Morgan fingerprint density at radius 1 is 1.46 bits per heavy atom. The van der Waals surface area contributed by atoms with Crippen molar-refractivity contribution in [2.45, 2.75) is 13.3 Å². The van der Waals surface area contributed by atoms with E-state index >= 15 is 0 Å². The van der Waals surface area contributed by atoms with Gasteiger partial charge in [-0.3, -0.25) is 10.1 Å². The van der Waals surface area contributed by atoms with Crippen molar-refractivity contribution in [2.75, 3.05) is 0 Å². The topological polar surface area (TPSA) is 63.4 Å². The molecule has 1 aromatic rings. The fourth-order valence-corrected chi connectivity index (χ4v) is 1.03. The van der Waals surface area contributed by atoms with Crippen LogP contribution in [0.2, 0.25) is 0 Å². The molecular formula is C9H10NO3. The average molecular weight is 180 g/mol. The van der Waals surface area contributed by atoms with E-state index in [1.807, 2.05) is 0 Å². The minimum absolute atomic E-state index is 0.0688. The molecule has 1 rings (SSSR count). The summed E-state index contributed by atoms with van der Waals surface area (Å²) >= 11 is 0. The van der Waals surface area contributed by atoms with Crippen LogP contribution in [0.1, 0.15) is 12.5 Å². The molecule has 0 amide bonds. The van der Waals surface area contributed by atoms with Crippen LogP contribution in [0, 0.1) is 16.2 Å². The summed E-state index contributed by atoms with van der Waals surface area (Å²) in [5.74, 6) is 0. The van der Waals surface area contributed by atoms with Gasteiger partial charge >= 0.3 is 0 Å². The average Bonchev–Trinajstić information content (AvgIpc) is 2.04. The molecular weight excluding hydrogens is 170 g/mol. The summed E-state index contributed by atoms with van der Waals surface area (Å²) in [4.78, 5) is 9.84. The molecule has 0 atom stereocenters. The first-order chi connectivity index (χ1) is 6.09. The lowest BCUT2D eigenvalue weighted by Crippen LogP contribution is -1.95. The zero-order valence-corrected chi connectivity index (χ0v) is 7.23. The van der Waals surface area contributed by atoms with Crippen LogP contribution in [-0.4, -0.2) is 10.0 Å². The van der Waals surface area contributed by atoms with Gasteiger partial charge in [0.25, 0.3) is 5.69 Å². The standard InChI is InChI=1S/C9H10NO3/c1-7(11)6-8-2-4-9(5-3-8)10(12)13/h2-5,11H,6H2,1H3. The van der Waals surface area contributed by atoms with E-state index in [1.54, 1.807) is 19.1 Å². The molecule has 1 radical (unpaired) electrons. The van der Waals surface area contributed by atoms with Crippen molar-refractivity contribution in [3.8, 4) is 0 Å². The van der Waals surface area contributed by atoms with Crippen LogP contribution in [0.25, 0.3) is 0 Å². The van der Waals surface area contributed by atoms with E-state index in [-0.39, 0.29) is 5.69 Å². The maximum atomic E-state index is 10.3. The minimum Gasteiger partial charge on any atom is -0.387 e. The lowest BCUT2D eigenvalue weighted by atomic mass is 10.1. The van der Waals surface area contributed by atoms with Crippen molar-refractivity contribution in [1.29, 1.82) is 0 Å². The predicted octanol–water partition coefficient (Wildman–Crippen LogP) is 2.06. The highest BCUT2D eigenvalue weighted by atomic mass is 16.6. The van der Waals surface area contributed by atoms with Gasteiger partial charge in [0, 0.05) is 18.6 Å². The van der Waals surface area contributed by atoms with Crippen LogP contribution in [-0.2, 0) is 6.42 Å². The third-order valence-electron chi connectivity index (χ3n) is 1.61. The van der Waals surface area contributed by atoms with E-state index in [2.05, 4.69) is 0 Å². The Labute approximate surface area is 76.0 Å². The summed E-state index contributed by atoms with van der Waals surface area (Å²) in [6.45, 7) is 1.60. The number of nitro groups is 1. The summed E-state index contributed by atoms with van der Waals surface area (Å²) in [6, 6.07) is 6.13. The zero-order chi connectivity index (χ0) is 9.84. The quantitative estimate of drug-likeness (QED) is 0.572. The van der Waals surface area contributed by atoms with E-state index in [4.69, 9.17) is 5.11 Å². The fraction of sp³-hybridized carbons (Fsp3) is 0.222. The predicted molar refractivity (Wildman–Crippen MR) is 47.7 cm³/mol. The van der Waals surface area contributed by atoms with Crippen molar-refractivity contribution >= 4 is 5.69 Å². The molecule has 0 aliphatic carbocycles. The molecule has 4 heteroatoms. The molecule has 0 fully saturated rings. The van der Waals surface area contributed by atoms with E-state index in [0.717, 1.165) is 5.56 Å². The summed E-state index contributed by atoms with van der Waals surface area (Å²) in [7, 11) is 0. The van der Waals surface area contributed by atoms with Crippen LogP contribution >= 0.6 is 0 Å². The van der Waals surface area contributed by atoms with Crippen molar-refractivity contribution < 1.29 is 10.0 Å². The maximum absolute atomic E-state index is 10.3. The zero-order valence-electron chi connectivity index (χ0n) is 7.23. The number of aliphatic hydroxyl groups is 1. The van der Waals surface area contributed by atoms with Crippen LogP contribution in [0.4, 0.5) is 5.69 Å². The molecule has 0 aliphatic rings. The fourth-order valence-electron chi connectivity index (χ4n) is 1.03. The second-order valence-corrected chi connectivity index (χ2v) is 2.84. The largest absolute Gasteiger partial charge is 0.387 e. The third-order valence-corrected chi connectivity index (χ3v) is 1.61. The Bertz CT molecular complexity index is 292. The van der Waals surface area contributed by atoms with Gasteiger partial charge in [0.2, 0.25) is 0 Å². The molecule has 4 nitrogen and oxygen atoms in total. The molecule has 13 heavy (non-hydrogen) atoms. The van der Waals surface area contributed by atoms with E-state index in [1.165, 1.54) is 12.1 Å². The van der Waals surface area contributed by atoms with Gasteiger partial charge in [-0.05, 0) is 12.5 Å². The highest BCUT2D eigenvalue weighted by Crippen LogP contribution is 2.14.